The van der Waals surface area contributed by atoms with Crippen LogP contribution < -0.4 is 5.73 Å². The van der Waals surface area contributed by atoms with E-state index in [1.54, 1.807) is 17.3 Å². The fourth-order valence-electron chi connectivity index (χ4n) is 2.57. The number of aryl methyl sites for hydroxylation is 1. The number of aromatic nitrogens is 2. The van der Waals surface area contributed by atoms with E-state index < -0.39 is 0 Å². The van der Waals surface area contributed by atoms with Crippen molar-refractivity contribution in [3.63, 3.8) is 0 Å². The Balaban J connectivity index is 1.84. The number of carbonyl (C=O) groups excluding carboxylic acids is 2. The van der Waals surface area contributed by atoms with Gasteiger partial charge in [0.05, 0.1) is 12.6 Å². The van der Waals surface area contributed by atoms with Crippen molar-refractivity contribution in [1.29, 1.82) is 0 Å². The van der Waals surface area contributed by atoms with Crippen LogP contribution in [0.5, 0.6) is 0 Å². The molecule has 2 aliphatic heterocycles. The smallest absolute Gasteiger partial charge is 0.344 e. The van der Waals surface area contributed by atoms with Crippen molar-refractivity contribution >= 4 is 17.6 Å². The highest BCUT2D eigenvalue weighted by Gasteiger charge is 2.39. The Bertz CT molecular complexity index is 594. The number of hydrogen-bond acceptors (Lipinski definition) is 4. The largest absolute Gasteiger partial charge is 0.370 e. The number of fused-ring (bicyclic) bond motifs is 2. The Morgan fingerprint density at radius 2 is 2.35 bits per heavy atom. The van der Waals surface area contributed by atoms with E-state index in [-0.39, 0.29) is 24.4 Å². The van der Waals surface area contributed by atoms with Crippen LogP contribution in [0.2, 0.25) is 0 Å². The van der Waals surface area contributed by atoms with E-state index in [0.717, 1.165) is 16.6 Å². The van der Waals surface area contributed by atoms with Crippen LogP contribution in [0.1, 0.15) is 12.2 Å². The molecule has 1 atom stereocenters. The second kappa shape index (κ2) is 4.64. The van der Waals surface area contributed by atoms with Gasteiger partial charge in [0.15, 0.2) is 0 Å². The van der Waals surface area contributed by atoms with Gasteiger partial charge in [-0.25, -0.2) is 9.78 Å². The van der Waals surface area contributed by atoms with Gasteiger partial charge in [-0.3, -0.25) is 10.0 Å². The summed E-state index contributed by atoms with van der Waals surface area (Å²) in [4.78, 5) is 28.3. The fraction of sp³-hybridized carbons (Fsp3) is 0.417. The van der Waals surface area contributed by atoms with Gasteiger partial charge in [0, 0.05) is 37.5 Å². The summed E-state index contributed by atoms with van der Waals surface area (Å²) in [6.45, 7) is 0.899. The van der Waals surface area contributed by atoms with Gasteiger partial charge in [-0.1, -0.05) is 0 Å². The molecule has 2 aliphatic rings. The third-order valence-electron chi connectivity index (χ3n) is 3.55. The summed E-state index contributed by atoms with van der Waals surface area (Å²) in [5.74, 6) is 0.340. The molecule has 1 saturated heterocycles. The Morgan fingerprint density at radius 3 is 3.05 bits per heavy atom. The number of amides is 3. The van der Waals surface area contributed by atoms with Crippen LogP contribution in [-0.4, -0.2) is 55.8 Å². The van der Waals surface area contributed by atoms with E-state index >= 15 is 0 Å². The van der Waals surface area contributed by atoms with Crippen LogP contribution in [0.15, 0.2) is 18.5 Å². The summed E-state index contributed by atoms with van der Waals surface area (Å²) in [5.41, 5.74) is 6.01. The van der Waals surface area contributed by atoms with E-state index in [4.69, 9.17) is 5.73 Å². The molecule has 1 aromatic heterocycles. The molecule has 0 radical (unpaired) electrons. The zero-order valence-corrected chi connectivity index (χ0v) is 10.8. The zero-order chi connectivity index (χ0) is 14.3. The molecule has 1 fully saturated rings. The van der Waals surface area contributed by atoms with Crippen LogP contribution in [0, 0.1) is 0 Å². The number of carbonyl (C=O) groups is 2. The minimum atomic E-state index is -0.389. The van der Waals surface area contributed by atoms with Crippen molar-refractivity contribution < 1.29 is 14.8 Å². The zero-order valence-electron chi connectivity index (χ0n) is 10.8. The predicted molar refractivity (Wildman–Crippen MR) is 68.4 cm³/mol. The first-order valence-corrected chi connectivity index (χ1v) is 6.35. The van der Waals surface area contributed by atoms with Gasteiger partial charge in [0.2, 0.25) is 5.91 Å². The Hall–Kier alpha value is -2.35. The predicted octanol–water partition coefficient (Wildman–Crippen LogP) is -0.349. The standard InChI is InChI=1S/C12H15N5O3/c13-10(18)1-2-11-14-3-4-16(11)8-5-9-7-15(6-8)12(19)17(9)20/h3-5,9,20H,1-2,6-7H2,(H2,13,18). The molecule has 0 spiro atoms. The molecule has 3 rings (SSSR count). The molecule has 1 unspecified atom stereocenters. The van der Waals surface area contributed by atoms with Crippen LogP contribution in [-0.2, 0) is 11.2 Å². The molecular weight excluding hydrogens is 262 g/mol. The summed E-state index contributed by atoms with van der Waals surface area (Å²) < 4.78 is 1.84. The maximum Gasteiger partial charge on any atom is 0.344 e. The number of nitrogens with zero attached hydrogens (tertiary/aromatic N) is 4. The number of imidazole rings is 1. The first kappa shape index (κ1) is 12.7. The van der Waals surface area contributed by atoms with Gasteiger partial charge in [-0.05, 0) is 6.08 Å². The Kier molecular flexibility index (Phi) is 2.94. The SMILES string of the molecule is NC(=O)CCc1nccn1C1=CC2CN(C1)C(=O)N2O. The maximum atomic E-state index is 11.7. The highest BCUT2D eigenvalue weighted by atomic mass is 16.5. The number of hydrogen-bond donors (Lipinski definition) is 2. The number of primary amides is 1. The fourth-order valence-corrected chi connectivity index (χ4v) is 2.57. The van der Waals surface area contributed by atoms with Crippen molar-refractivity contribution in [3.8, 4) is 0 Å². The lowest BCUT2D eigenvalue weighted by Crippen LogP contribution is -2.31. The minimum Gasteiger partial charge on any atom is -0.370 e. The molecule has 0 aromatic carbocycles. The van der Waals surface area contributed by atoms with Crippen molar-refractivity contribution in [2.45, 2.75) is 18.9 Å². The maximum absolute atomic E-state index is 11.7. The summed E-state index contributed by atoms with van der Waals surface area (Å²) in [5, 5.41) is 10.4. The molecule has 1 aromatic rings. The van der Waals surface area contributed by atoms with E-state index in [1.165, 1.54) is 0 Å². The second-order valence-corrected chi connectivity index (χ2v) is 4.91. The highest BCUT2D eigenvalue weighted by Crippen LogP contribution is 2.25. The third kappa shape index (κ3) is 2.03. The number of nitrogens with two attached hydrogens (primary N) is 1. The number of urea groups is 1. The molecule has 3 amide bonds. The number of hydroxylamine groups is 2. The van der Waals surface area contributed by atoms with E-state index in [1.807, 2.05) is 10.6 Å². The highest BCUT2D eigenvalue weighted by molar-refractivity contribution is 5.80. The molecular formula is C12H15N5O3. The van der Waals surface area contributed by atoms with Gasteiger partial charge < -0.3 is 15.2 Å². The molecule has 8 nitrogen and oxygen atoms in total. The van der Waals surface area contributed by atoms with Crippen molar-refractivity contribution in [3.05, 3.63) is 24.3 Å². The quantitative estimate of drug-likeness (QED) is 0.734. The molecule has 0 saturated carbocycles. The molecule has 20 heavy (non-hydrogen) atoms. The van der Waals surface area contributed by atoms with Crippen LogP contribution >= 0.6 is 0 Å². The van der Waals surface area contributed by atoms with Crippen LogP contribution in [0.3, 0.4) is 0 Å². The third-order valence-corrected chi connectivity index (χ3v) is 3.55. The Labute approximate surface area is 115 Å². The second-order valence-electron chi connectivity index (χ2n) is 4.91. The lowest BCUT2D eigenvalue weighted by molar-refractivity contribution is -0.118. The first-order valence-electron chi connectivity index (χ1n) is 6.35. The average Bonchev–Trinajstić information content (AvgIpc) is 2.97. The lowest BCUT2D eigenvalue weighted by Gasteiger charge is -2.22. The first-order chi connectivity index (χ1) is 9.56. The summed E-state index contributed by atoms with van der Waals surface area (Å²) >= 11 is 0. The summed E-state index contributed by atoms with van der Waals surface area (Å²) in [6, 6.07) is -0.724. The van der Waals surface area contributed by atoms with E-state index in [2.05, 4.69) is 4.98 Å². The normalized spacial score (nSPS) is 21.4. The van der Waals surface area contributed by atoms with Crippen molar-refractivity contribution in [2.75, 3.05) is 13.1 Å². The monoisotopic (exact) mass is 277 g/mol. The van der Waals surface area contributed by atoms with Gasteiger partial charge in [0.1, 0.15) is 5.82 Å². The molecule has 106 valence electrons. The molecule has 3 heterocycles. The van der Waals surface area contributed by atoms with E-state index in [9.17, 15) is 14.8 Å². The topological polar surface area (TPSA) is 105 Å². The average molecular weight is 277 g/mol. The molecule has 0 aliphatic carbocycles. The Morgan fingerprint density at radius 1 is 1.55 bits per heavy atom. The van der Waals surface area contributed by atoms with E-state index in [0.29, 0.717) is 19.5 Å². The van der Waals surface area contributed by atoms with Crippen molar-refractivity contribution in [1.82, 2.24) is 19.5 Å². The van der Waals surface area contributed by atoms with Gasteiger partial charge >= 0.3 is 6.03 Å². The van der Waals surface area contributed by atoms with Crippen LogP contribution in [0.4, 0.5) is 4.79 Å². The number of rotatable bonds is 4. The van der Waals surface area contributed by atoms with Crippen LogP contribution in [0.25, 0.3) is 5.70 Å². The summed E-state index contributed by atoms with van der Waals surface area (Å²) in [7, 11) is 0. The van der Waals surface area contributed by atoms with Gasteiger partial charge in [-0.2, -0.15) is 5.06 Å². The van der Waals surface area contributed by atoms with Crippen molar-refractivity contribution in [2.24, 2.45) is 5.73 Å². The molecule has 2 bridgehead atoms. The summed E-state index contributed by atoms with van der Waals surface area (Å²) in [6.07, 6.45) is 5.93. The molecule has 8 heteroatoms. The molecule has 3 N–H and O–H groups in total. The minimum absolute atomic E-state index is 0.225. The lowest BCUT2D eigenvalue weighted by atomic mass is 10.1. The van der Waals surface area contributed by atoms with Gasteiger partial charge in [-0.15, -0.1) is 0 Å². The van der Waals surface area contributed by atoms with Gasteiger partial charge in [0.25, 0.3) is 0 Å².